The summed E-state index contributed by atoms with van der Waals surface area (Å²) in [6.45, 7) is 6.68. The summed E-state index contributed by atoms with van der Waals surface area (Å²) < 4.78 is 16.9. The average Bonchev–Trinajstić information content (AvgIpc) is 3.34. The number of unbranched alkanes of at least 4 members (excludes halogenated alkanes) is 41. The fourth-order valence-corrected chi connectivity index (χ4v) is 9.12. The molecule has 0 fully saturated rings. The van der Waals surface area contributed by atoms with Crippen molar-refractivity contribution in [3.8, 4) is 0 Å². The van der Waals surface area contributed by atoms with Gasteiger partial charge in [0.2, 0.25) is 0 Å². The zero-order chi connectivity index (χ0) is 49.3. The highest BCUT2D eigenvalue weighted by Gasteiger charge is 2.19. The number of ether oxygens (including phenoxy) is 3. The van der Waals surface area contributed by atoms with Gasteiger partial charge in [-0.3, -0.25) is 14.4 Å². The number of allylic oxidation sites excluding steroid dienone is 4. The zero-order valence-electron chi connectivity index (χ0n) is 45.9. The standard InChI is InChI=1S/C62H116O6/c1-4-7-10-13-16-19-22-24-26-28-30-31-32-34-35-37-40-43-46-49-52-55-61(64)67-58-59(57-66-60(63)54-51-48-45-42-39-21-18-15-12-9-6-3)68-62(65)56-53-50-47-44-41-38-36-33-29-27-25-23-20-17-14-11-8-5-2/h22,24,28,30,59H,4-21,23,25-27,29,31-58H2,1-3H3/b24-22-,30-28-. The van der Waals surface area contributed by atoms with Crippen LogP contribution in [0.1, 0.15) is 335 Å². The molecule has 6 heteroatoms. The maximum Gasteiger partial charge on any atom is 0.306 e. The fraction of sp³-hybridized carbons (Fsp3) is 0.887. The van der Waals surface area contributed by atoms with Gasteiger partial charge in [-0.05, 0) is 51.4 Å². The van der Waals surface area contributed by atoms with Crippen molar-refractivity contribution in [2.24, 2.45) is 0 Å². The first-order chi connectivity index (χ1) is 33.5. The third-order valence-electron chi connectivity index (χ3n) is 13.7. The van der Waals surface area contributed by atoms with E-state index in [2.05, 4.69) is 45.1 Å². The third kappa shape index (κ3) is 54.8. The summed E-state index contributed by atoms with van der Waals surface area (Å²) in [5.41, 5.74) is 0. The topological polar surface area (TPSA) is 78.9 Å². The van der Waals surface area contributed by atoms with Crippen LogP contribution in [0.3, 0.4) is 0 Å². The molecule has 0 saturated heterocycles. The van der Waals surface area contributed by atoms with E-state index in [0.29, 0.717) is 19.3 Å². The molecule has 0 bridgehead atoms. The van der Waals surface area contributed by atoms with Crippen LogP contribution >= 0.6 is 0 Å². The molecule has 1 unspecified atom stereocenters. The number of hydrogen-bond donors (Lipinski definition) is 0. The van der Waals surface area contributed by atoms with E-state index in [1.54, 1.807) is 0 Å². The Morgan fingerprint density at radius 2 is 0.529 bits per heavy atom. The van der Waals surface area contributed by atoms with Crippen molar-refractivity contribution in [2.75, 3.05) is 13.2 Å². The molecule has 0 aromatic heterocycles. The predicted molar refractivity (Wildman–Crippen MR) is 293 cm³/mol. The summed E-state index contributed by atoms with van der Waals surface area (Å²) in [6.07, 6.45) is 67.5. The minimum absolute atomic E-state index is 0.0668. The van der Waals surface area contributed by atoms with Crippen LogP contribution in [0.25, 0.3) is 0 Å². The molecule has 6 nitrogen and oxygen atoms in total. The van der Waals surface area contributed by atoms with Crippen molar-refractivity contribution in [3.63, 3.8) is 0 Å². The lowest BCUT2D eigenvalue weighted by atomic mass is 10.0. The monoisotopic (exact) mass is 957 g/mol. The van der Waals surface area contributed by atoms with Gasteiger partial charge in [0.15, 0.2) is 6.10 Å². The summed E-state index contributed by atoms with van der Waals surface area (Å²) >= 11 is 0. The van der Waals surface area contributed by atoms with Crippen molar-refractivity contribution >= 4 is 17.9 Å². The largest absolute Gasteiger partial charge is 0.462 e. The number of carbonyl (C=O) groups is 3. The quantitative estimate of drug-likeness (QED) is 0.0262. The molecule has 0 aliphatic carbocycles. The lowest BCUT2D eigenvalue weighted by Gasteiger charge is -2.18. The Morgan fingerprint density at radius 1 is 0.294 bits per heavy atom. The highest BCUT2D eigenvalue weighted by molar-refractivity contribution is 5.71. The molecule has 0 heterocycles. The molecule has 1 atom stereocenters. The smallest absolute Gasteiger partial charge is 0.306 e. The van der Waals surface area contributed by atoms with Gasteiger partial charge in [-0.1, -0.05) is 289 Å². The summed E-state index contributed by atoms with van der Waals surface area (Å²) in [5.74, 6) is -0.848. The minimum Gasteiger partial charge on any atom is -0.462 e. The second-order valence-corrected chi connectivity index (χ2v) is 20.6. The van der Waals surface area contributed by atoms with E-state index >= 15 is 0 Å². The molecule has 0 saturated carbocycles. The maximum absolute atomic E-state index is 12.9. The number of hydrogen-bond acceptors (Lipinski definition) is 6. The van der Waals surface area contributed by atoms with Crippen LogP contribution in [-0.2, 0) is 28.6 Å². The van der Waals surface area contributed by atoms with Crippen LogP contribution in [0.5, 0.6) is 0 Å². The Kier molecular flexibility index (Phi) is 55.7. The third-order valence-corrected chi connectivity index (χ3v) is 13.7. The van der Waals surface area contributed by atoms with Crippen LogP contribution in [0.15, 0.2) is 24.3 Å². The zero-order valence-corrected chi connectivity index (χ0v) is 45.9. The molecule has 68 heavy (non-hydrogen) atoms. The SMILES string of the molecule is CCCCCCC/C=C\C/C=C\CCCCCCCCCCCC(=O)OCC(COC(=O)CCCCCCCCCCCCC)OC(=O)CCCCCCCCCCCCCCCCCCCC. The molecule has 400 valence electrons. The van der Waals surface area contributed by atoms with E-state index in [0.717, 1.165) is 64.2 Å². The van der Waals surface area contributed by atoms with Gasteiger partial charge in [0.05, 0.1) is 0 Å². The summed E-state index contributed by atoms with van der Waals surface area (Å²) in [6, 6.07) is 0. The highest BCUT2D eigenvalue weighted by atomic mass is 16.6. The van der Waals surface area contributed by atoms with Crippen molar-refractivity contribution < 1.29 is 28.6 Å². The predicted octanol–water partition coefficient (Wildman–Crippen LogP) is 20.3. The average molecular weight is 958 g/mol. The lowest BCUT2D eigenvalue weighted by molar-refractivity contribution is -0.167. The van der Waals surface area contributed by atoms with Gasteiger partial charge in [0, 0.05) is 19.3 Å². The van der Waals surface area contributed by atoms with Gasteiger partial charge in [-0.25, -0.2) is 0 Å². The van der Waals surface area contributed by atoms with Crippen LogP contribution in [0.4, 0.5) is 0 Å². The first-order valence-corrected chi connectivity index (χ1v) is 30.3. The van der Waals surface area contributed by atoms with Gasteiger partial charge in [0.25, 0.3) is 0 Å². The molecule has 0 aromatic rings. The van der Waals surface area contributed by atoms with Crippen LogP contribution in [0, 0.1) is 0 Å². The molecule has 0 N–H and O–H groups in total. The van der Waals surface area contributed by atoms with E-state index in [-0.39, 0.29) is 31.1 Å². The molecule has 0 aliphatic heterocycles. The van der Waals surface area contributed by atoms with Gasteiger partial charge in [-0.2, -0.15) is 0 Å². The Hall–Kier alpha value is -2.11. The first-order valence-electron chi connectivity index (χ1n) is 30.3. The Labute approximate surface area is 423 Å². The normalized spacial score (nSPS) is 12.1. The first kappa shape index (κ1) is 65.9. The summed E-state index contributed by atoms with van der Waals surface area (Å²) in [7, 11) is 0. The maximum atomic E-state index is 12.9. The second kappa shape index (κ2) is 57.5. The van der Waals surface area contributed by atoms with Crippen LogP contribution < -0.4 is 0 Å². The Morgan fingerprint density at radius 3 is 0.809 bits per heavy atom. The van der Waals surface area contributed by atoms with Crippen molar-refractivity contribution in [1.29, 1.82) is 0 Å². The molecule has 0 radical (unpaired) electrons. The number of carbonyl (C=O) groups excluding carboxylic acids is 3. The van der Waals surface area contributed by atoms with Crippen molar-refractivity contribution in [2.45, 2.75) is 341 Å². The Bertz CT molecular complexity index is 1100. The van der Waals surface area contributed by atoms with Crippen molar-refractivity contribution in [3.05, 3.63) is 24.3 Å². The summed E-state index contributed by atoms with van der Waals surface area (Å²) in [5, 5.41) is 0. The number of esters is 3. The van der Waals surface area contributed by atoms with Crippen molar-refractivity contribution in [1.82, 2.24) is 0 Å². The molecule has 0 rings (SSSR count). The molecule has 0 spiro atoms. The second-order valence-electron chi connectivity index (χ2n) is 20.6. The minimum atomic E-state index is -0.767. The van der Waals surface area contributed by atoms with Gasteiger partial charge >= 0.3 is 17.9 Å². The van der Waals surface area contributed by atoms with Gasteiger partial charge < -0.3 is 14.2 Å². The van der Waals surface area contributed by atoms with E-state index in [4.69, 9.17) is 14.2 Å². The van der Waals surface area contributed by atoms with E-state index < -0.39 is 6.10 Å². The van der Waals surface area contributed by atoms with E-state index in [1.807, 2.05) is 0 Å². The van der Waals surface area contributed by atoms with Crippen LogP contribution in [-0.4, -0.2) is 37.2 Å². The van der Waals surface area contributed by atoms with Gasteiger partial charge in [0.1, 0.15) is 13.2 Å². The van der Waals surface area contributed by atoms with E-state index in [1.165, 1.54) is 231 Å². The highest BCUT2D eigenvalue weighted by Crippen LogP contribution is 2.17. The molecule has 0 amide bonds. The molecule has 0 aromatic carbocycles. The van der Waals surface area contributed by atoms with Crippen LogP contribution in [0.2, 0.25) is 0 Å². The van der Waals surface area contributed by atoms with Gasteiger partial charge in [-0.15, -0.1) is 0 Å². The number of rotatable bonds is 56. The molecular weight excluding hydrogens is 841 g/mol. The fourth-order valence-electron chi connectivity index (χ4n) is 9.12. The molecular formula is C62H116O6. The lowest BCUT2D eigenvalue weighted by Crippen LogP contribution is -2.30. The van der Waals surface area contributed by atoms with E-state index in [9.17, 15) is 14.4 Å². The summed E-state index contributed by atoms with van der Waals surface area (Å²) in [4.78, 5) is 38.2. The molecule has 0 aliphatic rings. The Balaban J connectivity index is 4.26.